The number of H-pyrrole nitrogens is 1. The number of aliphatic carboxylic acids is 1. The Morgan fingerprint density at radius 1 is 1.32 bits per heavy atom. The number of fused-ring (bicyclic) bond motifs is 1. The number of carbonyl (C=O) groups is 1. The summed E-state index contributed by atoms with van der Waals surface area (Å²) in [4.78, 5) is 18.7. The Bertz CT molecular complexity index is 899. The third-order valence-corrected chi connectivity index (χ3v) is 3.57. The third-order valence-electron chi connectivity index (χ3n) is 3.27. The second-order valence-corrected chi connectivity index (χ2v) is 5.08. The number of nitrogens with one attached hydrogen (secondary N) is 1. The monoisotopic (exact) mass is 314 g/mol. The van der Waals surface area contributed by atoms with Crippen molar-refractivity contribution in [3.8, 4) is 5.75 Å². The van der Waals surface area contributed by atoms with Crippen LogP contribution in [0.25, 0.3) is 22.7 Å². The number of hydrogen-bond donors (Lipinski definition) is 3. The molecule has 0 amide bonds. The highest BCUT2D eigenvalue weighted by Gasteiger charge is 2.13. The fraction of sp³-hybridized carbons (Fsp3) is 0. The molecule has 22 heavy (non-hydrogen) atoms. The maximum Gasteiger partial charge on any atom is 0.336 e. The number of phenols is 1. The van der Waals surface area contributed by atoms with Crippen molar-refractivity contribution in [1.82, 2.24) is 9.97 Å². The highest BCUT2D eigenvalue weighted by Crippen LogP contribution is 2.29. The molecule has 0 aliphatic rings. The standard InChI is InChI=1S/C16H11ClN2O3/c17-13-7-9(3-4-14(13)20)12(16(21)22)6-10-8-19-15-11(10)2-1-5-18-15/h1-8,20H,(H,18,19)(H,21,22)/b12-6-. The molecule has 0 spiro atoms. The van der Waals surface area contributed by atoms with Crippen molar-refractivity contribution in [2.45, 2.75) is 0 Å². The Balaban J connectivity index is 2.15. The lowest BCUT2D eigenvalue weighted by Crippen LogP contribution is -1.99. The number of carboxylic acids is 1. The molecule has 0 saturated heterocycles. The van der Waals surface area contributed by atoms with Crippen LogP contribution in [-0.4, -0.2) is 26.2 Å². The van der Waals surface area contributed by atoms with Crippen molar-refractivity contribution in [2.24, 2.45) is 0 Å². The van der Waals surface area contributed by atoms with Crippen molar-refractivity contribution < 1.29 is 15.0 Å². The summed E-state index contributed by atoms with van der Waals surface area (Å²) in [5, 5.41) is 19.8. The predicted octanol–water partition coefficient (Wildman–Crippen LogP) is 3.55. The first-order chi connectivity index (χ1) is 10.6. The van der Waals surface area contributed by atoms with E-state index in [4.69, 9.17) is 11.6 Å². The summed E-state index contributed by atoms with van der Waals surface area (Å²) < 4.78 is 0. The first-order valence-corrected chi connectivity index (χ1v) is 6.80. The maximum absolute atomic E-state index is 11.6. The van der Waals surface area contributed by atoms with Gasteiger partial charge in [-0.1, -0.05) is 17.7 Å². The number of aromatic hydroxyl groups is 1. The number of benzene rings is 1. The molecule has 3 aromatic rings. The molecule has 0 aliphatic heterocycles. The molecule has 1 aromatic carbocycles. The molecule has 0 atom stereocenters. The molecule has 0 aliphatic carbocycles. The number of aromatic nitrogens is 2. The minimum atomic E-state index is -1.08. The highest BCUT2D eigenvalue weighted by molar-refractivity contribution is 6.32. The lowest BCUT2D eigenvalue weighted by Gasteiger charge is -2.04. The van der Waals surface area contributed by atoms with E-state index in [0.29, 0.717) is 16.8 Å². The molecule has 0 unspecified atom stereocenters. The zero-order valence-electron chi connectivity index (χ0n) is 11.2. The van der Waals surface area contributed by atoms with E-state index >= 15 is 0 Å². The number of aromatic amines is 1. The summed E-state index contributed by atoms with van der Waals surface area (Å²) in [7, 11) is 0. The second kappa shape index (κ2) is 5.54. The number of halogens is 1. The molecule has 2 heterocycles. The van der Waals surface area contributed by atoms with Gasteiger partial charge in [0.2, 0.25) is 0 Å². The van der Waals surface area contributed by atoms with Crippen LogP contribution in [0.4, 0.5) is 0 Å². The molecule has 5 nitrogen and oxygen atoms in total. The lowest BCUT2D eigenvalue weighted by molar-refractivity contribution is -0.130. The third kappa shape index (κ3) is 2.54. The molecule has 0 saturated carbocycles. The number of rotatable bonds is 3. The molecule has 6 heteroatoms. The summed E-state index contributed by atoms with van der Waals surface area (Å²) in [5.41, 5.74) is 1.88. The van der Waals surface area contributed by atoms with Gasteiger partial charge in [0.05, 0.1) is 10.6 Å². The van der Waals surface area contributed by atoms with Gasteiger partial charge >= 0.3 is 5.97 Å². The van der Waals surface area contributed by atoms with Gasteiger partial charge in [0, 0.05) is 23.3 Å². The van der Waals surface area contributed by atoms with Crippen molar-refractivity contribution in [1.29, 1.82) is 0 Å². The Morgan fingerprint density at radius 3 is 2.86 bits per heavy atom. The van der Waals surface area contributed by atoms with Crippen molar-refractivity contribution in [3.63, 3.8) is 0 Å². The van der Waals surface area contributed by atoms with Gasteiger partial charge in [-0.15, -0.1) is 0 Å². The van der Waals surface area contributed by atoms with E-state index in [1.54, 1.807) is 24.5 Å². The Kier molecular flexibility index (Phi) is 3.56. The fourth-order valence-electron chi connectivity index (χ4n) is 2.20. The van der Waals surface area contributed by atoms with Gasteiger partial charge < -0.3 is 15.2 Å². The number of carboxylic acid groups (broad SMARTS) is 1. The van der Waals surface area contributed by atoms with E-state index in [1.165, 1.54) is 18.2 Å². The van der Waals surface area contributed by atoms with E-state index in [-0.39, 0.29) is 16.3 Å². The van der Waals surface area contributed by atoms with Crippen LogP contribution in [0.3, 0.4) is 0 Å². The van der Waals surface area contributed by atoms with Gasteiger partial charge in [-0.05, 0) is 35.9 Å². The van der Waals surface area contributed by atoms with E-state index in [1.807, 2.05) is 6.07 Å². The number of pyridine rings is 1. The second-order valence-electron chi connectivity index (χ2n) is 4.67. The number of phenolic OH excluding ortho intramolecular Hbond substituents is 1. The zero-order chi connectivity index (χ0) is 15.7. The Hall–Kier alpha value is -2.79. The predicted molar refractivity (Wildman–Crippen MR) is 84.7 cm³/mol. The molecular formula is C16H11ClN2O3. The van der Waals surface area contributed by atoms with Crippen LogP contribution >= 0.6 is 11.6 Å². The zero-order valence-corrected chi connectivity index (χ0v) is 12.0. The van der Waals surface area contributed by atoms with E-state index < -0.39 is 5.97 Å². The summed E-state index contributed by atoms with van der Waals surface area (Å²) in [6.07, 6.45) is 4.90. The average molecular weight is 315 g/mol. The number of nitrogens with zero attached hydrogens (tertiary/aromatic N) is 1. The van der Waals surface area contributed by atoms with Crippen LogP contribution in [-0.2, 0) is 4.79 Å². The summed E-state index contributed by atoms with van der Waals surface area (Å²) >= 11 is 5.85. The van der Waals surface area contributed by atoms with Gasteiger partial charge in [0.1, 0.15) is 11.4 Å². The smallest absolute Gasteiger partial charge is 0.336 e. The first-order valence-electron chi connectivity index (χ1n) is 6.42. The van der Waals surface area contributed by atoms with Crippen LogP contribution in [0.15, 0.2) is 42.7 Å². The van der Waals surface area contributed by atoms with Gasteiger partial charge in [0.15, 0.2) is 0 Å². The SMILES string of the molecule is O=C(O)/C(=C\c1c[nH]c2ncccc12)c1ccc(O)c(Cl)c1. The van der Waals surface area contributed by atoms with Crippen molar-refractivity contribution in [2.75, 3.05) is 0 Å². The van der Waals surface area contributed by atoms with E-state index in [0.717, 1.165) is 5.39 Å². The molecule has 0 bridgehead atoms. The molecule has 110 valence electrons. The first kappa shape index (κ1) is 14.2. The van der Waals surface area contributed by atoms with Gasteiger partial charge in [-0.25, -0.2) is 9.78 Å². The Morgan fingerprint density at radius 2 is 2.14 bits per heavy atom. The van der Waals surface area contributed by atoms with Gasteiger partial charge in [-0.2, -0.15) is 0 Å². The van der Waals surface area contributed by atoms with E-state index in [2.05, 4.69) is 9.97 Å². The van der Waals surface area contributed by atoms with Gasteiger partial charge in [-0.3, -0.25) is 0 Å². The molecule has 2 aromatic heterocycles. The van der Waals surface area contributed by atoms with Crippen LogP contribution in [0, 0.1) is 0 Å². The van der Waals surface area contributed by atoms with Crippen LogP contribution in [0.2, 0.25) is 5.02 Å². The van der Waals surface area contributed by atoms with Crippen LogP contribution < -0.4 is 0 Å². The molecule has 0 radical (unpaired) electrons. The number of hydrogen-bond acceptors (Lipinski definition) is 3. The maximum atomic E-state index is 11.6. The Labute approximate surface area is 130 Å². The van der Waals surface area contributed by atoms with Crippen molar-refractivity contribution >= 4 is 40.3 Å². The topological polar surface area (TPSA) is 86.2 Å². The fourth-order valence-corrected chi connectivity index (χ4v) is 2.38. The largest absolute Gasteiger partial charge is 0.506 e. The summed E-state index contributed by atoms with van der Waals surface area (Å²) in [6, 6.07) is 7.93. The summed E-state index contributed by atoms with van der Waals surface area (Å²) in [6.45, 7) is 0. The van der Waals surface area contributed by atoms with Crippen molar-refractivity contribution in [3.05, 3.63) is 58.9 Å². The van der Waals surface area contributed by atoms with E-state index in [9.17, 15) is 15.0 Å². The molecule has 3 N–H and O–H groups in total. The quantitative estimate of drug-likeness (QED) is 0.645. The molecular weight excluding hydrogens is 304 g/mol. The minimum absolute atomic E-state index is 0.0756. The van der Waals surface area contributed by atoms with Crippen LogP contribution in [0.1, 0.15) is 11.1 Å². The normalized spacial score (nSPS) is 11.8. The van der Waals surface area contributed by atoms with Gasteiger partial charge in [0.25, 0.3) is 0 Å². The minimum Gasteiger partial charge on any atom is -0.506 e. The van der Waals surface area contributed by atoms with Crippen LogP contribution in [0.5, 0.6) is 5.75 Å². The summed E-state index contributed by atoms with van der Waals surface area (Å²) in [5.74, 6) is -1.17. The highest BCUT2D eigenvalue weighted by atomic mass is 35.5. The lowest BCUT2D eigenvalue weighted by atomic mass is 10.0. The average Bonchev–Trinajstić information content (AvgIpc) is 2.91. The molecule has 0 fully saturated rings. The molecule has 3 rings (SSSR count).